The Morgan fingerprint density at radius 1 is 1.53 bits per heavy atom. The summed E-state index contributed by atoms with van der Waals surface area (Å²) in [5.74, 6) is 0.230. The van der Waals surface area contributed by atoms with Gasteiger partial charge in [0.05, 0.1) is 0 Å². The van der Waals surface area contributed by atoms with Gasteiger partial charge in [0.1, 0.15) is 5.75 Å². The summed E-state index contributed by atoms with van der Waals surface area (Å²) in [4.78, 5) is 10.3. The lowest BCUT2D eigenvalue weighted by Gasteiger charge is -2.25. The number of aromatic hydroxyl groups is 1. The summed E-state index contributed by atoms with van der Waals surface area (Å²) in [7, 11) is 0. The Labute approximate surface area is 86.3 Å². The molecule has 0 spiro atoms. The molecule has 0 fully saturated rings. The van der Waals surface area contributed by atoms with Crippen molar-refractivity contribution in [1.29, 1.82) is 0 Å². The molecular weight excluding hydrogens is 198 g/mol. The van der Waals surface area contributed by atoms with E-state index in [0.717, 1.165) is 11.1 Å². The Morgan fingerprint density at radius 3 is 3.07 bits per heavy atom. The van der Waals surface area contributed by atoms with Gasteiger partial charge in [0.2, 0.25) is 0 Å². The third kappa shape index (κ3) is 2.02. The number of benzene rings is 1. The first-order valence-corrected chi connectivity index (χ1v) is 4.59. The maximum absolute atomic E-state index is 10.3. The number of hydrogen-bond donors (Lipinski definition) is 3. The van der Waals surface area contributed by atoms with Crippen molar-refractivity contribution in [3.05, 3.63) is 29.3 Å². The third-order valence-electron chi connectivity index (χ3n) is 2.40. The number of phenols is 1. The fourth-order valence-corrected chi connectivity index (χ4v) is 1.71. The number of fused-ring (bicyclic) bond motifs is 1. The maximum atomic E-state index is 10.3. The molecule has 5 heteroatoms. The molecule has 0 saturated heterocycles. The minimum absolute atomic E-state index is 0.230. The van der Waals surface area contributed by atoms with Crippen LogP contribution in [0.1, 0.15) is 11.1 Å². The lowest BCUT2D eigenvalue weighted by Crippen LogP contribution is -2.38. The molecule has 2 rings (SSSR count). The van der Waals surface area contributed by atoms with Crippen molar-refractivity contribution >= 4 is 6.16 Å². The van der Waals surface area contributed by atoms with Crippen LogP contribution in [-0.4, -0.2) is 22.6 Å². The van der Waals surface area contributed by atoms with Crippen LogP contribution < -0.4 is 5.32 Å². The van der Waals surface area contributed by atoms with Crippen molar-refractivity contribution in [2.24, 2.45) is 0 Å². The summed E-state index contributed by atoms with van der Waals surface area (Å²) in [6.07, 6.45) is -1.39. The van der Waals surface area contributed by atoms with E-state index in [1.54, 1.807) is 12.1 Å². The molecule has 3 N–H and O–H groups in total. The first-order chi connectivity index (χ1) is 7.16. The van der Waals surface area contributed by atoms with Crippen molar-refractivity contribution in [3.63, 3.8) is 0 Å². The molecule has 0 radical (unpaired) electrons. The van der Waals surface area contributed by atoms with Crippen LogP contribution in [-0.2, 0) is 17.7 Å². The highest BCUT2D eigenvalue weighted by Gasteiger charge is 2.22. The molecule has 0 saturated carbocycles. The summed E-state index contributed by atoms with van der Waals surface area (Å²) in [5.41, 5.74) is 1.72. The fourth-order valence-electron chi connectivity index (χ4n) is 1.71. The zero-order valence-electron chi connectivity index (χ0n) is 7.93. The molecule has 1 aromatic rings. The minimum Gasteiger partial charge on any atom is -0.508 e. The first-order valence-electron chi connectivity index (χ1n) is 4.59. The number of ether oxygens (including phenoxy) is 1. The molecule has 0 bridgehead atoms. The van der Waals surface area contributed by atoms with E-state index in [1.807, 2.05) is 6.07 Å². The van der Waals surface area contributed by atoms with E-state index in [-0.39, 0.29) is 5.75 Å². The normalized spacial score (nSPS) is 19.3. The zero-order valence-corrected chi connectivity index (χ0v) is 7.93. The van der Waals surface area contributed by atoms with Crippen molar-refractivity contribution in [3.8, 4) is 5.75 Å². The Bertz CT molecular complexity index is 391. The molecule has 0 aromatic heterocycles. The van der Waals surface area contributed by atoms with Gasteiger partial charge in [-0.15, -0.1) is 0 Å². The number of phenolic OH excluding ortho intramolecular Hbond substituents is 1. The predicted octanol–water partition coefficient (Wildman–Crippen LogP) is 1.06. The van der Waals surface area contributed by atoms with E-state index >= 15 is 0 Å². The summed E-state index contributed by atoms with van der Waals surface area (Å²) < 4.78 is 4.61. The lowest BCUT2D eigenvalue weighted by molar-refractivity contribution is 0.0330. The van der Waals surface area contributed by atoms with E-state index in [1.165, 1.54) is 0 Å². The first kappa shape index (κ1) is 9.79. The minimum atomic E-state index is -1.30. The summed E-state index contributed by atoms with van der Waals surface area (Å²) in [5, 5.41) is 20.9. The van der Waals surface area contributed by atoms with Gasteiger partial charge in [-0.25, -0.2) is 4.79 Å². The SMILES string of the molecule is O=C(O)OC1Cc2cccc(O)c2CN1. The van der Waals surface area contributed by atoms with Crippen LogP contribution in [0.2, 0.25) is 0 Å². The van der Waals surface area contributed by atoms with Crippen LogP contribution in [0.25, 0.3) is 0 Å². The highest BCUT2D eigenvalue weighted by atomic mass is 16.7. The average molecular weight is 209 g/mol. The smallest absolute Gasteiger partial charge is 0.507 e. The molecule has 1 aliphatic rings. The lowest BCUT2D eigenvalue weighted by atomic mass is 9.99. The van der Waals surface area contributed by atoms with Crippen LogP contribution in [0.5, 0.6) is 5.75 Å². The van der Waals surface area contributed by atoms with Gasteiger partial charge in [0, 0.05) is 18.5 Å². The highest BCUT2D eigenvalue weighted by Crippen LogP contribution is 2.25. The molecule has 1 heterocycles. The molecule has 1 aromatic carbocycles. The molecule has 0 amide bonds. The molecule has 0 aliphatic carbocycles. The van der Waals surface area contributed by atoms with Gasteiger partial charge in [0.25, 0.3) is 0 Å². The fraction of sp³-hybridized carbons (Fsp3) is 0.300. The second kappa shape index (κ2) is 3.78. The topological polar surface area (TPSA) is 78.8 Å². The summed E-state index contributed by atoms with van der Waals surface area (Å²) in [6, 6.07) is 5.20. The van der Waals surface area contributed by atoms with Crippen LogP contribution in [0.3, 0.4) is 0 Å². The monoisotopic (exact) mass is 209 g/mol. The van der Waals surface area contributed by atoms with Gasteiger partial charge in [-0.2, -0.15) is 0 Å². The number of carbonyl (C=O) groups is 1. The summed E-state index contributed by atoms with van der Waals surface area (Å²) in [6.45, 7) is 0.417. The van der Waals surface area contributed by atoms with Gasteiger partial charge >= 0.3 is 6.16 Å². The molecule has 80 valence electrons. The third-order valence-corrected chi connectivity index (χ3v) is 2.40. The average Bonchev–Trinajstić information content (AvgIpc) is 2.17. The molecule has 5 nitrogen and oxygen atoms in total. The highest BCUT2D eigenvalue weighted by molar-refractivity contribution is 5.57. The zero-order chi connectivity index (χ0) is 10.8. The van der Waals surface area contributed by atoms with Crippen molar-refractivity contribution in [2.75, 3.05) is 0 Å². The molecule has 15 heavy (non-hydrogen) atoms. The van der Waals surface area contributed by atoms with Gasteiger partial charge in [-0.05, 0) is 11.6 Å². The number of nitrogens with one attached hydrogen (secondary N) is 1. The van der Waals surface area contributed by atoms with Crippen molar-refractivity contribution in [1.82, 2.24) is 5.32 Å². The quantitative estimate of drug-likeness (QED) is 0.603. The maximum Gasteiger partial charge on any atom is 0.507 e. The Kier molecular flexibility index (Phi) is 2.47. The second-order valence-electron chi connectivity index (χ2n) is 3.37. The Balaban J connectivity index is 2.17. The Morgan fingerprint density at radius 2 is 2.33 bits per heavy atom. The Hall–Kier alpha value is -1.75. The van der Waals surface area contributed by atoms with Gasteiger partial charge in [-0.3, -0.25) is 5.32 Å². The summed E-state index contributed by atoms with van der Waals surface area (Å²) >= 11 is 0. The van der Waals surface area contributed by atoms with Crippen LogP contribution in [0, 0.1) is 0 Å². The van der Waals surface area contributed by atoms with E-state index < -0.39 is 12.4 Å². The number of carboxylic acid groups (broad SMARTS) is 1. The van der Waals surface area contributed by atoms with Gasteiger partial charge in [0.15, 0.2) is 6.23 Å². The standard InChI is InChI=1S/C10H11NO4/c12-8-3-1-2-6-4-9(15-10(13)14)11-5-7(6)8/h1-3,9,11-12H,4-5H2,(H,13,14). The van der Waals surface area contributed by atoms with E-state index in [9.17, 15) is 9.90 Å². The number of rotatable bonds is 1. The second-order valence-corrected chi connectivity index (χ2v) is 3.37. The molecule has 1 aliphatic heterocycles. The molecular formula is C10H11NO4. The van der Waals surface area contributed by atoms with E-state index in [0.29, 0.717) is 13.0 Å². The molecule has 1 atom stereocenters. The van der Waals surface area contributed by atoms with Crippen LogP contribution >= 0.6 is 0 Å². The van der Waals surface area contributed by atoms with Crippen LogP contribution in [0.4, 0.5) is 4.79 Å². The van der Waals surface area contributed by atoms with Gasteiger partial charge < -0.3 is 14.9 Å². The van der Waals surface area contributed by atoms with E-state index in [2.05, 4.69) is 10.1 Å². The van der Waals surface area contributed by atoms with Gasteiger partial charge in [-0.1, -0.05) is 12.1 Å². The van der Waals surface area contributed by atoms with Crippen molar-refractivity contribution in [2.45, 2.75) is 19.2 Å². The number of hydrogen-bond acceptors (Lipinski definition) is 4. The largest absolute Gasteiger partial charge is 0.508 e. The predicted molar refractivity (Wildman–Crippen MR) is 51.5 cm³/mol. The van der Waals surface area contributed by atoms with Crippen LogP contribution in [0.15, 0.2) is 18.2 Å². The molecule has 1 unspecified atom stereocenters. The van der Waals surface area contributed by atoms with Crippen molar-refractivity contribution < 1.29 is 19.7 Å². The van der Waals surface area contributed by atoms with E-state index in [4.69, 9.17) is 5.11 Å².